The van der Waals surface area contributed by atoms with Crippen molar-refractivity contribution in [3.05, 3.63) is 11.1 Å². The van der Waals surface area contributed by atoms with Crippen LogP contribution in [0.1, 0.15) is 44.9 Å². The van der Waals surface area contributed by atoms with Crippen molar-refractivity contribution in [3.63, 3.8) is 0 Å². The molecule has 0 saturated heterocycles. The molecule has 3 rings (SSSR count). The number of nitrogens with one attached hydrogen (secondary N) is 1. The summed E-state index contributed by atoms with van der Waals surface area (Å²) < 4.78 is 0. The number of nitrogens with zero attached hydrogens (tertiary/aromatic N) is 1. The molecule has 2 amide bonds. The molecule has 4 nitrogen and oxygen atoms in total. The normalized spacial score (nSPS) is 27.5. The number of likely N-dealkylation sites (N-methyl/N-ethyl adjacent to an activating group) is 1. The Bertz CT molecular complexity index is 424. The van der Waals surface area contributed by atoms with Crippen LogP contribution in [0.2, 0.25) is 0 Å². The summed E-state index contributed by atoms with van der Waals surface area (Å²) in [6.45, 7) is 0. The average molecular weight is 248 g/mol. The predicted molar refractivity (Wildman–Crippen MR) is 67.8 cm³/mol. The van der Waals surface area contributed by atoms with Crippen molar-refractivity contribution in [2.75, 3.05) is 7.05 Å². The van der Waals surface area contributed by atoms with Gasteiger partial charge < -0.3 is 10.2 Å². The first-order chi connectivity index (χ1) is 8.66. The molecule has 18 heavy (non-hydrogen) atoms. The summed E-state index contributed by atoms with van der Waals surface area (Å²) >= 11 is 0. The van der Waals surface area contributed by atoms with Crippen LogP contribution in [-0.2, 0) is 9.59 Å². The van der Waals surface area contributed by atoms with Crippen molar-refractivity contribution in [1.29, 1.82) is 0 Å². The van der Waals surface area contributed by atoms with Gasteiger partial charge in [-0.3, -0.25) is 9.59 Å². The van der Waals surface area contributed by atoms with Crippen LogP contribution in [0.3, 0.4) is 0 Å². The average Bonchev–Trinajstić information content (AvgIpc) is 3.14. The molecular formula is C14H20N2O2. The third-order valence-corrected chi connectivity index (χ3v) is 4.29. The smallest absolute Gasteiger partial charge is 0.250 e. The Morgan fingerprint density at radius 1 is 1.33 bits per heavy atom. The maximum atomic E-state index is 12.2. The Morgan fingerprint density at radius 2 is 2.11 bits per heavy atom. The van der Waals surface area contributed by atoms with Gasteiger partial charge in [0.1, 0.15) is 0 Å². The minimum Gasteiger partial charge on any atom is -0.353 e. The van der Waals surface area contributed by atoms with Gasteiger partial charge in [0.25, 0.3) is 5.91 Å². The molecule has 0 spiro atoms. The lowest BCUT2D eigenvalue weighted by Crippen LogP contribution is -2.33. The minimum atomic E-state index is 0.0213. The fourth-order valence-electron chi connectivity index (χ4n) is 3.12. The third kappa shape index (κ3) is 2.04. The summed E-state index contributed by atoms with van der Waals surface area (Å²) in [6, 6.07) is 0.648. The monoisotopic (exact) mass is 248 g/mol. The fourth-order valence-corrected chi connectivity index (χ4v) is 3.12. The summed E-state index contributed by atoms with van der Waals surface area (Å²) in [5.41, 5.74) is 2.01. The Morgan fingerprint density at radius 3 is 2.83 bits per heavy atom. The molecule has 4 heteroatoms. The molecule has 0 bridgehead atoms. The van der Waals surface area contributed by atoms with E-state index in [1.54, 1.807) is 0 Å². The molecule has 2 saturated carbocycles. The molecule has 98 valence electrons. The standard InChI is InChI=1S/C14H20N2O2/c1-16-12-5-3-2-4-10(12)11(14(16)18)8-13(17)15-9-6-7-9/h9,12H,2-8H2,1H3,(H,15,17). The second-order valence-electron chi connectivity index (χ2n) is 5.70. The number of amides is 2. The van der Waals surface area contributed by atoms with Crippen molar-refractivity contribution >= 4 is 11.8 Å². The molecule has 3 aliphatic rings. The van der Waals surface area contributed by atoms with Crippen LogP contribution < -0.4 is 5.32 Å². The highest BCUT2D eigenvalue weighted by molar-refractivity contribution is 6.02. The highest BCUT2D eigenvalue weighted by Gasteiger charge is 2.38. The van der Waals surface area contributed by atoms with Gasteiger partial charge >= 0.3 is 0 Å². The number of rotatable bonds is 3. The number of carbonyl (C=O) groups is 2. The summed E-state index contributed by atoms with van der Waals surface area (Å²) in [5.74, 6) is 0.0934. The van der Waals surface area contributed by atoms with Crippen LogP contribution in [0, 0.1) is 0 Å². The zero-order valence-corrected chi connectivity index (χ0v) is 10.9. The van der Waals surface area contributed by atoms with E-state index in [9.17, 15) is 9.59 Å². The van der Waals surface area contributed by atoms with E-state index in [1.165, 1.54) is 12.0 Å². The molecule has 0 radical (unpaired) electrons. The van der Waals surface area contributed by atoms with Crippen LogP contribution in [0.15, 0.2) is 11.1 Å². The lowest BCUT2D eigenvalue weighted by atomic mass is 9.88. The Hall–Kier alpha value is -1.32. The van der Waals surface area contributed by atoms with Crippen molar-refractivity contribution in [2.45, 2.75) is 57.0 Å². The number of fused-ring (bicyclic) bond motifs is 1. The SMILES string of the molecule is CN1C(=O)C(CC(=O)NC2CC2)=C2CCCCC21. The van der Waals surface area contributed by atoms with Crippen LogP contribution in [0.25, 0.3) is 0 Å². The summed E-state index contributed by atoms with van der Waals surface area (Å²) in [5, 5.41) is 2.97. The Kier molecular flexibility index (Phi) is 2.88. The first-order valence-electron chi connectivity index (χ1n) is 6.95. The van der Waals surface area contributed by atoms with Crippen molar-refractivity contribution < 1.29 is 9.59 Å². The van der Waals surface area contributed by atoms with Gasteiger partial charge in [0.05, 0.1) is 12.5 Å². The second-order valence-corrected chi connectivity index (χ2v) is 5.70. The van der Waals surface area contributed by atoms with Gasteiger partial charge in [-0.25, -0.2) is 0 Å². The van der Waals surface area contributed by atoms with E-state index < -0.39 is 0 Å². The van der Waals surface area contributed by atoms with Gasteiger partial charge in [0.2, 0.25) is 5.91 Å². The van der Waals surface area contributed by atoms with Crippen molar-refractivity contribution in [1.82, 2.24) is 10.2 Å². The zero-order valence-electron chi connectivity index (χ0n) is 10.9. The first-order valence-corrected chi connectivity index (χ1v) is 6.95. The third-order valence-electron chi connectivity index (χ3n) is 4.29. The van der Waals surface area contributed by atoms with E-state index in [4.69, 9.17) is 0 Å². The molecule has 1 aliphatic heterocycles. The lowest BCUT2D eigenvalue weighted by Gasteiger charge is -2.26. The molecule has 2 aliphatic carbocycles. The highest BCUT2D eigenvalue weighted by Crippen LogP contribution is 2.37. The van der Waals surface area contributed by atoms with Crippen molar-refractivity contribution in [3.8, 4) is 0 Å². The number of hydrogen-bond acceptors (Lipinski definition) is 2. The van der Waals surface area contributed by atoms with Gasteiger partial charge in [-0.1, -0.05) is 6.42 Å². The van der Waals surface area contributed by atoms with Gasteiger partial charge in [0.15, 0.2) is 0 Å². The highest BCUT2D eigenvalue weighted by atomic mass is 16.2. The van der Waals surface area contributed by atoms with Gasteiger partial charge in [-0.15, -0.1) is 0 Å². The van der Waals surface area contributed by atoms with E-state index in [0.717, 1.165) is 37.7 Å². The molecular weight excluding hydrogens is 228 g/mol. The molecule has 2 fully saturated rings. The van der Waals surface area contributed by atoms with E-state index >= 15 is 0 Å². The summed E-state index contributed by atoms with van der Waals surface area (Å²) in [4.78, 5) is 25.9. The van der Waals surface area contributed by atoms with E-state index in [1.807, 2.05) is 11.9 Å². The maximum Gasteiger partial charge on any atom is 0.250 e. The van der Waals surface area contributed by atoms with E-state index in [0.29, 0.717) is 6.04 Å². The van der Waals surface area contributed by atoms with E-state index in [2.05, 4.69) is 5.32 Å². The van der Waals surface area contributed by atoms with Crippen LogP contribution in [0.5, 0.6) is 0 Å². The largest absolute Gasteiger partial charge is 0.353 e. The Balaban J connectivity index is 1.75. The van der Waals surface area contributed by atoms with E-state index in [-0.39, 0.29) is 24.3 Å². The predicted octanol–water partition coefficient (Wildman–Crippen LogP) is 1.37. The lowest BCUT2D eigenvalue weighted by molar-refractivity contribution is -0.128. The molecule has 0 aromatic carbocycles. The first kappa shape index (κ1) is 11.8. The quantitative estimate of drug-likeness (QED) is 0.820. The second kappa shape index (κ2) is 4.41. The molecule has 1 unspecified atom stereocenters. The summed E-state index contributed by atoms with van der Waals surface area (Å²) in [6.07, 6.45) is 6.86. The topological polar surface area (TPSA) is 49.4 Å². The van der Waals surface area contributed by atoms with Crippen LogP contribution in [-0.4, -0.2) is 35.8 Å². The molecule has 1 atom stereocenters. The molecule has 1 heterocycles. The number of hydrogen-bond donors (Lipinski definition) is 1. The molecule has 1 N–H and O–H groups in total. The van der Waals surface area contributed by atoms with Crippen molar-refractivity contribution in [2.24, 2.45) is 0 Å². The number of carbonyl (C=O) groups excluding carboxylic acids is 2. The Labute approximate surface area is 107 Å². The maximum absolute atomic E-state index is 12.2. The van der Waals surface area contributed by atoms with Crippen LogP contribution >= 0.6 is 0 Å². The van der Waals surface area contributed by atoms with Gasteiger partial charge in [0, 0.05) is 18.7 Å². The molecule has 0 aromatic rings. The zero-order chi connectivity index (χ0) is 12.7. The minimum absolute atomic E-state index is 0.0213. The van der Waals surface area contributed by atoms with Gasteiger partial charge in [-0.2, -0.15) is 0 Å². The summed E-state index contributed by atoms with van der Waals surface area (Å²) in [7, 11) is 1.87. The van der Waals surface area contributed by atoms with Crippen LogP contribution in [0.4, 0.5) is 0 Å². The van der Waals surface area contributed by atoms with Gasteiger partial charge in [-0.05, 0) is 37.7 Å². The molecule has 0 aromatic heterocycles. The fraction of sp³-hybridized carbons (Fsp3) is 0.714.